The molecular formula is C17H24N2O2. The van der Waals surface area contributed by atoms with Gasteiger partial charge in [-0.05, 0) is 26.3 Å². The summed E-state index contributed by atoms with van der Waals surface area (Å²) in [5.74, 6) is -0.139. The molecule has 1 fully saturated rings. The maximum Gasteiger partial charge on any atom is 0.228 e. The average Bonchev–Trinajstić information content (AvgIpc) is 2.77. The summed E-state index contributed by atoms with van der Waals surface area (Å²) in [4.78, 5) is 28.3. The number of nitrogens with zero attached hydrogens (tertiary/aromatic N) is 2. The SMILES string of the molecule is CCN(CC)C(=O)C1CC(=O)N(C)C1c1ccc(C)cc1. The zero-order valence-electron chi connectivity index (χ0n) is 13.3. The van der Waals surface area contributed by atoms with Crippen molar-refractivity contribution in [3.63, 3.8) is 0 Å². The Bertz CT molecular complexity index is 520. The number of carbonyl (C=O) groups excluding carboxylic acids is 2. The van der Waals surface area contributed by atoms with Crippen molar-refractivity contribution < 1.29 is 9.59 Å². The van der Waals surface area contributed by atoms with Crippen molar-refractivity contribution in [3.8, 4) is 0 Å². The van der Waals surface area contributed by atoms with Crippen LogP contribution < -0.4 is 0 Å². The van der Waals surface area contributed by atoms with Gasteiger partial charge in [-0.1, -0.05) is 29.8 Å². The molecule has 1 saturated heterocycles. The van der Waals surface area contributed by atoms with E-state index in [-0.39, 0.29) is 23.8 Å². The van der Waals surface area contributed by atoms with Gasteiger partial charge in [-0.3, -0.25) is 9.59 Å². The highest BCUT2D eigenvalue weighted by Gasteiger charge is 2.43. The first-order chi connectivity index (χ1) is 9.99. The molecule has 0 radical (unpaired) electrons. The average molecular weight is 288 g/mol. The Morgan fingerprint density at radius 2 is 1.81 bits per heavy atom. The maximum absolute atomic E-state index is 12.7. The lowest BCUT2D eigenvalue weighted by Crippen LogP contribution is -2.38. The molecule has 0 aromatic heterocycles. The molecule has 114 valence electrons. The van der Waals surface area contributed by atoms with Gasteiger partial charge in [-0.2, -0.15) is 0 Å². The Kier molecular flexibility index (Phi) is 4.66. The van der Waals surface area contributed by atoms with Crippen LogP contribution >= 0.6 is 0 Å². The summed E-state index contributed by atoms with van der Waals surface area (Å²) in [6, 6.07) is 7.97. The monoisotopic (exact) mass is 288 g/mol. The first-order valence-corrected chi connectivity index (χ1v) is 7.60. The van der Waals surface area contributed by atoms with E-state index in [9.17, 15) is 9.59 Å². The highest BCUT2D eigenvalue weighted by molar-refractivity contribution is 5.90. The predicted octanol–water partition coefficient (Wildman–Crippen LogP) is 2.38. The summed E-state index contributed by atoms with van der Waals surface area (Å²) in [6.45, 7) is 7.35. The fourth-order valence-electron chi connectivity index (χ4n) is 3.08. The standard InChI is InChI=1S/C17H24N2O2/c1-5-19(6-2)17(21)14-11-15(20)18(4)16(14)13-9-7-12(3)8-10-13/h7-10,14,16H,5-6,11H2,1-4H3. The van der Waals surface area contributed by atoms with Crippen molar-refractivity contribution in [1.82, 2.24) is 9.80 Å². The molecule has 21 heavy (non-hydrogen) atoms. The third-order valence-electron chi connectivity index (χ3n) is 4.40. The molecule has 2 atom stereocenters. The maximum atomic E-state index is 12.7. The van der Waals surface area contributed by atoms with E-state index in [2.05, 4.69) is 0 Å². The predicted molar refractivity (Wildman–Crippen MR) is 82.7 cm³/mol. The van der Waals surface area contributed by atoms with Crippen LogP contribution in [0.15, 0.2) is 24.3 Å². The number of amides is 2. The number of benzene rings is 1. The molecule has 0 spiro atoms. The van der Waals surface area contributed by atoms with E-state index < -0.39 is 0 Å². The van der Waals surface area contributed by atoms with Gasteiger partial charge in [-0.25, -0.2) is 0 Å². The van der Waals surface area contributed by atoms with E-state index in [0.717, 1.165) is 5.56 Å². The zero-order valence-corrected chi connectivity index (χ0v) is 13.3. The van der Waals surface area contributed by atoms with Gasteiger partial charge in [0.1, 0.15) is 0 Å². The highest BCUT2D eigenvalue weighted by Crippen LogP contribution is 2.38. The molecule has 2 unspecified atom stereocenters. The Labute approximate surface area is 126 Å². The lowest BCUT2D eigenvalue weighted by Gasteiger charge is -2.28. The third-order valence-corrected chi connectivity index (χ3v) is 4.40. The van der Waals surface area contributed by atoms with Crippen LogP contribution in [-0.4, -0.2) is 41.8 Å². The Morgan fingerprint density at radius 3 is 2.33 bits per heavy atom. The van der Waals surface area contributed by atoms with Gasteiger partial charge in [0, 0.05) is 26.6 Å². The van der Waals surface area contributed by atoms with Crippen LogP contribution in [0.3, 0.4) is 0 Å². The second kappa shape index (κ2) is 6.29. The summed E-state index contributed by atoms with van der Waals surface area (Å²) in [5.41, 5.74) is 2.22. The topological polar surface area (TPSA) is 40.6 Å². The summed E-state index contributed by atoms with van der Waals surface area (Å²) in [7, 11) is 1.79. The molecule has 0 saturated carbocycles. The summed E-state index contributed by atoms with van der Waals surface area (Å²) in [5, 5.41) is 0. The Balaban J connectivity index is 2.33. The van der Waals surface area contributed by atoms with Crippen LogP contribution in [0.5, 0.6) is 0 Å². The van der Waals surface area contributed by atoms with E-state index in [4.69, 9.17) is 0 Å². The molecule has 1 aromatic carbocycles. The minimum Gasteiger partial charge on any atom is -0.343 e. The van der Waals surface area contributed by atoms with Crippen molar-refractivity contribution in [2.24, 2.45) is 5.92 Å². The first-order valence-electron chi connectivity index (χ1n) is 7.60. The third kappa shape index (κ3) is 2.94. The molecular weight excluding hydrogens is 264 g/mol. The highest BCUT2D eigenvalue weighted by atomic mass is 16.2. The number of aryl methyl sites for hydroxylation is 1. The summed E-state index contributed by atoms with van der Waals surface area (Å²) in [6.07, 6.45) is 0.310. The van der Waals surface area contributed by atoms with E-state index >= 15 is 0 Å². The molecule has 4 heteroatoms. The number of rotatable bonds is 4. The van der Waals surface area contributed by atoms with Crippen LogP contribution in [0, 0.1) is 12.8 Å². The summed E-state index contributed by atoms with van der Waals surface area (Å²) < 4.78 is 0. The number of hydrogen-bond donors (Lipinski definition) is 0. The van der Waals surface area contributed by atoms with E-state index in [1.165, 1.54) is 5.56 Å². The Morgan fingerprint density at radius 1 is 1.24 bits per heavy atom. The molecule has 0 N–H and O–H groups in total. The lowest BCUT2D eigenvalue weighted by molar-refractivity contribution is -0.136. The van der Waals surface area contributed by atoms with Gasteiger partial charge in [0.2, 0.25) is 11.8 Å². The van der Waals surface area contributed by atoms with Crippen LogP contribution in [0.2, 0.25) is 0 Å². The normalized spacial score (nSPS) is 21.7. The van der Waals surface area contributed by atoms with Crippen molar-refractivity contribution in [2.75, 3.05) is 20.1 Å². The summed E-state index contributed by atoms with van der Waals surface area (Å²) >= 11 is 0. The first kappa shape index (κ1) is 15.5. The van der Waals surface area contributed by atoms with E-state index in [1.807, 2.05) is 49.9 Å². The molecule has 2 rings (SSSR count). The van der Waals surface area contributed by atoms with Crippen LogP contribution in [-0.2, 0) is 9.59 Å². The molecule has 1 aliphatic rings. The molecule has 1 aliphatic heterocycles. The molecule has 2 amide bonds. The van der Waals surface area contributed by atoms with Gasteiger partial charge < -0.3 is 9.80 Å². The van der Waals surface area contributed by atoms with Crippen molar-refractivity contribution in [3.05, 3.63) is 35.4 Å². The zero-order chi connectivity index (χ0) is 15.6. The van der Waals surface area contributed by atoms with Gasteiger partial charge in [0.15, 0.2) is 0 Å². The van der Waals surface area contributed by atoms with Gasteiger partial charge in [-0.15, -0.1) is 0 Å². The largest absolute Gasteiger partial charge is 0.343 e. The van der Waals surface area contributed by atoms with Gasteiger partial charge in [0.25, 0.3) is 0 Å². The van der Waals surface area contributed by atoms with Gasteiger partial charge in [0.05, 0.1) is 12.0 Å². The Hall–Kier alpha value is -1.84. The van der Waals surface area contributed by atoms with Crippen molar-refractivity contribution >= 4 is 11.8 Å². The van der Waals surface area contributed by atoms with E-state index in [1.54, 1.807) is 11.9 Å². The molecule has 1 aromatic rings. The fourth-order valence-corrected chi connectivity index (χ4v) is 3.08. The van der Waals surface area contributed by atoms with Crippen LogP contribution in [0.4, 0.5) is 0 Å². The number of likely N-dealkylation sites (tertiary alicyclic amines) is 1. The minimum atomic E-state index is -0.273. The molecule has 0 bridgehead atoms. The minimum absolute atomic E-state index is 0.0473. The van der Waals surface area contributed by atoms with Crippen molar-refractivity contribution in [1.29, 1.82) is 0 Å². The van der Waals surface area contributed by atoms with E-state index in [0.29, 0.717) is 19.5 Å². The smallest absolute Gasteiger partial charge is 0.228 e. The second-order valence-electron chi connectivity index (χ2n) is 5.68. The fraction of sp³-hybridized carbons (Fsp3) is 0.529. The van der Waals surface area contributed by atoms with Gasteiger partial charge >= 0.3 is 0 Å². The molecule has 0 aliphatic carbocycles. The lowest BCUT2D eigenvalue weighted by atomic mass is 9.92. The number of hydrogen-bond acceptors (Lipinski definition) is 2. The number of carbonyl (C=O) groups is 2. The second-order valence-corrected chi connectivity index (χ2v) is 5.68. The van der Waals surface area contributed by atoms with Crippen LogP contribution in [0.25, 0.3) is 0 Å². The molecule has 1 heterocycles. The molecule has 4 nitrogen and oxygen atoms in total. The quantitative estimate of drug-likeness (QED) is 0.853. The van der Waals surface area contributed by atoms with Crippen molar-refractivity contribution in [2.45, 2.75) is 33.2 Å². The van der Waals surface area contributed by atoms with Crippen LogP contribution in [0.1, 0.15) is 37.4 Å².